The van der Waals surface area contributed by atoms with Crippen molar-refractivity contribution in [2.75, 3.05) is 0 Å². The Bertz CT molecular complexity index is 441. The molecule has 6 nitrogen and oxygen atoms in total. The fourth-order valence-electron chi connectivity index (χ4n) is 1.29. The van der Waals surface area contributed by atoms with E-state index in [1.165, 1.54) is 18.2 Å². The molecule has 1 unspecified atom stereocenters. The van der Waals surface area contributed by atoms with E-state index in [9.17, 15) is 9.36 Å². The van der Waals surface area contributed by atoms with Crippen LogP contribution in [0.4, 0.5) is 0 Å². The van der Waals surface area contributed by atoms with E-state index in [4.69, 9.17) is 20.6 Å². The minimum absolute atomic E-state index is 0.114. The smallest absolute Gasteiger partial charge is 0.356 e. The third-order valence-electron chi connectivity index (χ3n) is 2.06. The number of carboxylic acids is 1. The predicted molar refractivity (Wildman–Crippen MR) is 57.4 cm³/mol. The lowest BCUT2D eigenvalue weighted by atomic mass is 10.1. The van der Waals surface area contributed by atoms with E-state index < -0.39 is 19.6 Å². The summed E-state index contributed by atoms with van der Waals surface area (Å²) in [4.78, 5) is 28.6. The molecule has 5 N–H and O–H groups in total. The van der Waals surface area contributed by atoms with Gasteiger partial charge < -0.3 is 20.6 Å². The first kappa shape index (κ1) is 12.9. The number of carbonyl (C=O) groups is 1. The van der Waals surface area contributed by atoms with Crippen LogP contribution in [0.3, 0.4) is 0 Å². The third-order valence-corrected chi connectivity index (χ3v) is 3.13. The molecule has 0 bridgehead atoms. The first-order chi connectivity index (χ1) is 7.32. The Morgan fingerprint density at radius 1 is 1.38 bits per heavy atom. The maximum atomic E-state index is 11.1. The Labute approximate surface area is 91.9 Å². The molecule has 0 aliphatic heterocycles. The number of hydrogen-bond acceptors (Lipinski definition) is 3. The van der Waals surface area contributed by atoms with E-state index in [2.05, 4.69) is 0 Å². The third kappa shape index (κ3) is 3.15. The van der Waals surface area contributed by atoms with Gasteiger partial charge in [0, 0.05) is 0 Å². The molecule has 1 aromatic rings. The van der Waals surface area contributed by atoms with Crippen LogP contribution in [0.25, 0.3) is 0 Å². The second-order valence-corrected chi connectivity index (χ2v) is 4.89. The molecule has 0 aliphatic rings. The summed E-state index contributed by atoms with van der Waals surface area (Å²) in [5.41, 5.74) is 5.56. The molecule has 0 amide bonds. The van der Waals surface area contributed by atoms with Crippen LogP contribution in [0.2, 0.25) is 0 Å². The summed E-state index contributed by atoms with van der Waals surface area (Å²) < 4.78 is 11.1. The van der Waals surface area contributed by atoms with Gasteiger partial charge in [0.25, 0.3) is 0 Å². The summed E-state index contributed by atoms with van der Waals surface area (Å²) in [6.07, 6.45) is -0.114. The second-order valence-electron chi connectivity index (χ2n) is 3.32. The van der Waals surface area contributed by atoms with Gasteiger partial charge in [-0.05, 0) is 18.1 Å². The van der Waals surface area contributed by atoms with Crippen molar-refractivity contribution in [2.45, 2.75) is 12.5 Å². The van der Waals surface area contributed by atoms with E-state index in [-0.39, 0.29) is 17.3 Å². The summed E-state index contributed by atoms with van der Waals surface area (Å²) in [7, 11) is -4.39. The minimum Gasteiger partial charge on any atom is -0.480 e. The van der Waals surface area contributed by atoms with Crippen LogP contribution in [-0.2, 0) is 15.8 Å². The van der Waals surface area contributed by atoms with E-state index in [0.717, 1.165) is 0 Å². The number of aliphatic carboxylic acids is 1. The summed E-state index contributed by atoms with van der Waals surface area (Å²) in [5, 5.41) is 8.44. The highest BCUT2D eigenvalue weighted by molar-refractivity contribution is 7.60. The molecular formula is C9H12NO5P. The monoisotopic (exact) mass is 245 g/mol. The maximum absolute atomic E-state index is 11.1. The fraction of sp³-hybridized carbons (Fsp3) is 0.222. The summed E-state index contributed by atoms with van der Waals surface area (Å²) >= 11 is 0. The predicted octanol–water partition coefficient (Wildman–Crippen LogP) is -0.556. The Hall–Kier alpha value is -1.20. The van der Waals surface area contributed by atoms with Crippen molar-refractivity contribution in [2.24, 2.45) is 5.73 Å². The lowest BCUT2D eigenvalue weighted by Crippen LogP contribution is -2.33. The minimum atomic E-state index is -4.39. The molecule has 0 radical (unpaired) electrons. The lowest BCUT2D eigenvalue weighted by molar-refractivity contribution is -0.138. The van der Waals surface area contributed by atoms with E-state index in [1.807, 2.05) is 0 Å². The summed E-state index contributed by atoms with van der Waals surface area (Å²) in [6.45, 7) is 0. The number of rotatable bonds is 4. The van der Waals surface area contributed by atoms with Crippen LogP contribution in [0.1, 0.15) is 5.56 Å². The molecule has 16 heavy (non-hydrogen) atoms. The standard InChI is InChI=1S/C9H12NO5P/c10-7(9(11)12)5-6-3-1-2-4-8(6)16(13,14)15/h1-4,7H,5,10H2,(H,11,12)(H2,13,14,15). The van der Waals surface area contributed by atoms with Gasteiger partial charge in [0.2, 0.25) is 0 Å². The largest absolute Gasteiger partial charge is 0.480 e. The van der Waals surface area contributed by atoms with Crippen LogP contribution in [0.5, 0.6) is 0 Å². The van der Waals surface area contributed by atoms with E-state index in [1.54, 1.807) is 6.07 Å². The molecule has 0 saturated heterocycles. The van der Waals surface area contributed by atoms with Gasteiger partial charge in [-0.1, -0.05) is 18.2 Å². The van der Waals surface area contributed by atoms with Crippen molar-refractivity contribution in [3.63, 3.8) is 0 Å². The average Bonchev–Trinajstić information content (AvgIpc) is 2.16. The van der Waals surface area contributed by atoms with Gasteiger partial charge in [-0.2, -0.15) is 0 Å². The summed E-state index contributed by atoms with van der Waals surface area (Å²) in [5.74, 6) is -1.21. The summed E-state index contributed by atoms with van der Waals surface area (Å²) in [6, 6.07) is 4.60. The first-order valence-electron chi connectivity index (χ1n) is 4.45. The van der Waals surface area contributed by atoms with Gasteiger partial charge in [-0.15, -0.1) is 0 Å². The van der Waals surface area contributed by atoms with Crippen LogP contribution >= 0.6 is 7.60 Å². The van der Waals surface area contributed by atoms with Crippen molar-refractivity contribution < 1.29 is 24.3 Å². The topological polar surface area (TPSA) is 121 Å². The van der Waals surface area contributed by atoms with Gasteiger partial charge in [0.15, 0.2) is 0 Å². The highest BCUT2D eigenvalue weighted by Gasteiger charge is 2.23. The fourth-order valence-corrected chi connectivity index (χ4v) is 2.11. The Balaban J connectivity index is 3.05. The first-order valence-corrected chi connectivity index (χ1v) is 6.06. The molecule has 0 aromatic heterocycles. The van der Waals surface area contributed by atoms with Gasteiger partial charge in [-0.25, -0.2) is 0 Å². The number of hydrogen-bond donors (Lipinski definition) is 4. The highest BCUT2D eigenvalue weighted by Crippen LogP contribution is 2.34. The van der Waals surface area contributed by atoms with Gasteiger partial charge >= 0.3 is 13.6 Å². The van der Waals surface area contributed by atoms with E-state index in [0.29, 0.717) is 0 Å². The highest BCUT2D eigenvalue weighted by atomic mass is 31.2. The lowest BCUT2D eigenvalue weighted by Gasteiger charge is -2.12. The average molecular weight is 245 g/mol. The van der Waals surface area contributed by atoms with E-state index >= 15 is 0 Å². The molecule has 7 heteroatoms. The SMILES string of the molecule is NC(Cc1ccccc1P(=O)(O)O)C(=O)O. The molecule has 0 spiro atoms. The van der Waals surface area contributed by atoms with Crippen molar-refractivity contribution in [3.05, 3.63) is 29.8 Å². The van der Waals surface area contributed by atoms with Crippen molar-refractivity contribution in [1.29, 1.82) is 0 Å². The molecule has 1 aromatic carbocycles. The number of nitrogens with two attached hydrogens (primary N) is 1. The molecule has 88 valence electrons. The van der Waals surface area contributed by atoms with Crippen LogP contribution in [0.15, 0.2) is 24.3 Å². The quantitative estimate of drug-likeness (QED) is 0.528. The van der Waals surface area contributed by atoms with Gasteiger partial charge in [0.1, 0.15) is 6.04 Å². The maximum Gasteiger partial charge on any atom is 0.356 e. The van der Waals surface area contributed by atoms with Gasteiger partial charge in [0.05, 0.1) is 5.30 Å². The molecule has 0 fully saturated rings. The zero-order chi connectivity index (χ0) is 12.3. The normalized spacial score (nSPS) is 13.4. The molecule has 0 aliphatic carbocycles. The Morgan fingerprint density at radius 3 is 2.44 bits per heavy atom. The molecule has 1 atom stereocenters. The zero-order valence-electron chi connectivity index (χ0n) is 8.28. The Kier molecular flexibility index (Phi) is 3.83. The molecule has 0 heterocycles. The molecular weight excluding hydrogens is 233 g/mol. The van der Waals surface area contributed by atoms with Gasteiger partial charge in [-0.3, -0.25) is 9.36 Å². The van der Waals surface area contributed by atoms with Crippen molar-refractivity contribution in [1.82, 2.24) is 0 Å². The van der Waals surface area contributed by atoms with Crippen molar-refractivity contribution in [3.8, 4) is 0 Å². The van der Waals surface area contributed by atoms with Crippen LogP contribution in [0, 0.1) is 0 Å². The zero-order valence-corrected chi connectivity index (χ0v) is 9.17. The van der Waals surface area contributed by atoms with Crippen LogP contribution in [-0.4, -0.2) is 26.9 Å². The van der Waals surface area contributed by atoms with Crippen LogP contribution < -0.4 is 11.0 Å². The molecule has 0 saturated carbocycles. The molecule has 1 rings (SSSR count). The van der Waals surface area contributed by atoms with Crippen molar-refractivity contribution >= 4 is 18.9 Å². The Morgan fingerprint density at radius 2 is 1.94 bits per heavy atom. The number of benzene rings is 1. The second kappa shape index (κ2) is 4.76. The number of carboxylic acid groups (broad SMARTS) is 1.